The van der Waals surface area contributed by atoms with E-state index in [4.69, 9.17) is 0 Å². The predicted molar refractivity (Wildman–Crippen MR) is 121 cm³/mol. The van der Waals surface area contributed by atoms with Gasteiger partial charge in [-0.05, 0) is 90.1 Å². The summed E-state index contributed by atoms with van der Waals surface area (Å²) in [6, 6.07) is 0. The van der Waals surface area contributed by atoms with Gasteiger partial charge in [-0.2, -0.15) is 0 Å². The van der Waals surface area contributed by atoms with Gasteiger partial charge in [0.1, 0.15) is 0 Å². The highest BCUT2D eigenvalue weighted by molar-refractivity contribution is 5.91. The van der Waals surface area contributed by atoms with Crippen LogP contribution < -0.4 is 0 Å². The monoisotopic (exact) mass is 416 g/mol. The largest absolute Gasteiger partial charge is 0.393 e. The lowest BCUT2D eigenvalue weighted by Crippen LogP contribution is -2.54. The molecular formula is C27H44O3. The maximum Gasteiger partial charge on any atom is 0.155 e. The lowest BCUT2D eigenvalue weighted by molar-refractivity contribution is -0.120. The van der Waals surface area contributed by atoms with Crippen LogP contribution >= 0.6 is 0 Å². The predicted octanol–water partition coefficient (Wildman–Crippen LogP) is 5.54. The summed E-state index contributed by atoms with van der Waals surface area (Å²) in [7, 11) is 0. The molecule has 4 aliphatic carbocycles. The molecule has 0 heterocycles. The molecule has 2 N–H and O–H groups in total. The summed E-state index contributed by atoms with van der Waals surface area (Å²) < 4.78 is 0. The van der Waals surface area contributed by atoms with E-state index < -0.39 is 6.10 Å². The molecule has 3 saturated carbocycles. The summed E-state index contributed by atoms with van der Waals surface area (Å²) in [6.07, 6.45) is 10.4. The minimum Gasteiger partial charge on any atom is -0.393 e. The molecule has 30 heavy (non-hydrogen) atoms. The molecule has 0 aromatic carbocycles. The molecule has 0 bridgehead atoms. The molecule has 3 fully saturated rings. The number of hydrogen-bond donors (Lipinski definition) is 2. The molecule has 0 saturated heterocycles. The molecule has 0 aromatic heterocycles. The first kappa shape index (κ1) is 22.5. The van der Waals surface area contributed by atoms with Crippen LogP contribution in [0.2, 0.25) is 0 Å². The molecule has 9 unspecified atom stereocenters. The Morgan fingerprint density at radius 1 is 1.07 bits per heavy atom. The number of carbonyl (C=O) groups excluding carboxylic acids is 1. The van der Waals surface area contributed by atoms with Crippen molar-refractivity contribution in [2.24, 2.45) is 46.3 Å². The fourth-order valence-electron chi connectivity index (χ4n) is 8.71. The number of hydrogen-bond acceptors (Lipinski definition) is 3. The van der Waals surface area contributed by atoms with Crippen molar-refractivity contribution in [1.29, 1.82) is 0 Å². The molecule has 3 heteroatoms. The fraction of sp³-hybridized carbons (Fsp3) is 0.889. The Morgan fingerprint density at radius 2 is 1.80 bits per heavy atom. The summed E-state index contributed by atoms with van der Waals surface area (Å²) >= 11 is 0. The standard InChI is InChI=1S/C27H44O3/c1-16(2)7-6-8-17(3)25-24(30)15-21-19-14-23(29)22-13-18(28)9-11-26(22,4)20(19)10-12-27(21,25)5/h13,16-17,19-21,23-25,29-30H,6-12,14-15H2,1-5H3. The highest BCUT2D eigenvalue weighted by atomic mass is 16.3. The van der Waals surface area contributed by atoms with Gasteiger partial charge in [-0.1, -0.05) is 53.9 Å². The topological polar surface area (TPSA) is 57.5 Å². The van der Waals surface area contributed by atoms with Crippen LogP contribution in [-0.2, 0) is 4.79 Å². The smallest absolute Gasteiger partial charge is 0.155 e. The highest BCUT2D eigenvalue weighted by Crippen LogP contribution is 2.67. The SMILES string of the molecule is CC(C)CCCC(C)C1C(O)CC2C3CC(O)C4=CC(=O)CCC4(C)C3CCC21C. The molecule has 9 atom stereocenters. The van der Waals surface area contributed by atoms with Crippen molar-refractivity contribution in [1.82, 2.24) is 0 Å². The van der Waals surface area contributed by atoms with E-state index in [1.807, 2.05) is 0 Å². The van der Waals surface area contributed by atoms with E-state index in [2.05, 4.69) is 34.6 Å². The van der Waals surface area contributed by atoms with Gasteiger partial charge in [0.15, 0.2) is 5.78 Å². The zero-order valence-electron chi connectivity index (χ0n) is 19.9. The van der Waals surface area contributed by atoms with E-state index in [0.29, 0.717) is 36.0 Å². The van der Waals surface area contributed by atoms with Gasteiger partial charge >= 0.3 is 0 Å². The summed E-state index contributed by atoms with van der Waals surface area (Å²) in [5.41, 5.74) is 1.16. The van der Waals surface area contributed by atoms with E-state index in [0.717, 1.165) is 30.8 Å². The maximum absolute atomic E-state index is 12.1. The van der Waals surface area contributed by atoms with Crippen molar-refractivity contribution in [3.05, 3.63) is 11.6 Å². The van der Waals surface area contributed by atoms with E-state index in [1.165, 1.54) is 32.1 Å². The van der Waals surface area contributed by atoms with Crippen molar-refractivity contribution in [2.75, 3.05) is 0 Å². The fourth-order valence-corrected chi connectivity index (χ4v) is 8.71. The first-order valence-electron chi connectivity index (χ1n) is 12.7. The quantitative estimate of drug-likeness (QED) is 0.619. The number of ketones is 1. The lowest BCUT2D eigenvalue weighted by atomic mass is 9.46. The molecule has 0 spiro atoms. The number of aliphatic hydroxyl groups is 2. The lowest BCUT2D eigenvalue weighted by Gasteiger charge is -2.59. The van der Waals surface area contributed by atoms with Crippen molar-refractivity contribution >= 4 is 5.78 Å². The molecule has 0 radical (unpaired) electrons. The van der Waals surface area contributed by atoms with Gasteiger partial charge in [-0.25, -0.2) is 0 Å². The Labute approximate surface area is 183 Å². The third-order valence-corrected chi connectivity index (χ3v) is 10.1. The van der Waals surface area contributed by atoms with Crippen LogP contribution in [-0.4, -0.2) is 28.2 Å². The second-order valence-electron chi connectivity index (χ2n) is 12.3. The second-order valence-corrected chi connectivity index (χ2v) is 12.3. The van der Waals surface area contributed by atoms with Crippen molar-refractivity contribution < 1.29 is 15.0 Å². The van der Waals surface area contributed by atoms with Crippen molar-refractivity contribution in [3.63, 3.8) is 0 Å². The molecule has 4 rings (SSSR count). The van der Waals surface area contributed by atoms with Gasteiger partial charge in [0.2, 0.25) is 0 Å². The number of carbonyl (C=O) groups is 1. The van der Waals surface area contributed by atoms with Gasteiger partial charge < -0.3 is 10.2 Å². The third-order valence-electron chi connectivity index (χ3n) is 10.1. The minimum atomic E-state index is -0.484. The average molecular weight is 417 g/mol. The van der Waals surface area contributed by atoms with Gasteiger partial charge in [0.05, 0.1) is 12.2 Å². The summed E-state index contributed by atoms with van der Waals surface area (Å²) in [4.78, 5) is 12.1. The summed E-state index contributed by atoms with van der Waals surface area (Å²) in [5, 5.41) is 22.3. The molecule has 170 valence electrons. The molecule has 0 amide bonds. The first-order chi connectivity index (χ1) is 14.1. The Balaban J connectivity index is 1.57. The Kier molecular flexibility index (Phi) is 6.03. The summed E-state index contributed by atoms with van der Waals surface area (Å²) in [5.74, 6) is 3.37. The van der Waals surface area contributed by atoms with Gasteiger partial charge in [0.25, 0.3) is 0 Å². The molecule has 0 aromatic rings. The Hall–Kier alpha value is -0.670. The van der Waals surface area contributed by atoms with E-state index in [1.54, 1.807) is 6.08 Å². The highest BCUT2D eigenvalue weighted by Gasteiger charge is 2.63. The van der Waals surface area contributed by atoms with Crippen LogP contribution in [0.25, 0.3) is 0 Å². The molecular weight excluding hydrogens is 372 g/mol. The maximum atomic E-state index is 12.1. The van der Waals surface area contributed by atoms with Crippen LogP contribution in [0.15, 0.2) is 11.6 Å². The normalized spacial score (nSPS) is 46.8. The first-order valence-corrected chi connectivity index (χ1v) is 12.7. The number of rotatable bonds is 5. The molecule has 4 aliphatic rings. The number of aliphatic hydroxyl groups excluding tert-OH is 2. The number of fused-ring (bicyclic) bond motifs is 5. The third kappa shape index (κ3) is 3.52. The van der Waals surface area contributed by atoms with E-state index >= 15 is 0 Å². The zero-order chi connectivity index (χ0) is 21.8. The summed E-state index contributed by atoms with van der Waals surface area (Å²) in [6.45, 7) is 11.7. The van der Waals surface area contributed by atoms with Crippen LogP contribution in [0, 0.1) is 46.3 Å². The van der Waals surface area contributed by atoms with Crippen LogP contribution in [0.1, 0.15) is 92.4 Å². The zero-order valence-corrected chi connectivity index (χ0v) is 19.9. The Morgan fingerprint density at radius 3 is 2.50 bits per heavy atom. The second kappa shape index (κ2) is 8.03. The van der Waals surface area contributed by atoms with E-state index in [-0.39, 0.29) is 22.7 Å². The van der Waals surface area contributed by atoms with Gasteiger partial charge in [-0.3, -0.25) is 4.79 Å². The van der Waals surface area contributed by atoms with Crippen molar-refractivity contribution in [2.45, 2.75) is 105 Å². The van der Waals surface area contributed by atoms with Crippen LogP contribution in [0.4, 0.5) is 0 Å². The van der Waals surface area contributed by atoms with Crippen molar-refractivity contribution in [3.8, 4) is 0 Å². The van der Waals surface area contributed by atoms with Crippen LogP contribution in [0.5, 0.6) is 0 Å². The van der Waals surface area contributed by atoms with E-state index in [9.17, 15) is 15.0 Å². The van der Waals surface area contributed by atoms with Crippen LogP contribution in [0.3, 0.4) is 0 Å². The molecule has 3 nitrogen and oxygen atoms in total. The Bertz CT molecular complexity index is 696. The average Bonchev–Trinajstić information content (AvgIpc) is 2.93. The van der Waals surface area contributed by atoms with Gasteiger partial charge in [-0.15, -0.1) is 0 Å². The minimum absolute atomic E-state index is 0.0382. The molecule has 0 aliphatic heterocycles. The van der Waals surface area contributed by atoms with Gasteiger partial charge in [0, 0.05) is 6.42 Å².